The molecule has 1 aromatic carbocycles. The molecule has 0 aliphatic carbocycles. The van der Waals surface area contributed by atoms with Gasteiger partial charge in [-0.25, -0.2) is 0 Å². The minimum atomic E-state index is 0. The molecule has 0 spiro atoms. The molecule has 5 rings (SSSR count). The molecule has 26 heavy (non-hydrogen) atoms. The number of esters is 1. The van der Waals surface area contributed by atoms with Crippen LogP contribution in [0.15, 0.2) is 18.2 Å². The van der Waals surface area contributed by atoms with Crippen LogP contribution < -0.4 is 14.4 Å². The van der Waals surface area contributed by atoms with Gasteiger partial charge in [0.05, 0.1) is 12.5 Å². The van der Waals surface area contributed by atoms with E-state index >= 15 is 0 Å². The number of hydrogen-bond donors (Lipinski definition) is 0. The monoisotopic (exact) mass is 402 g/mol. The van der Waals surface area contributed by atoms with Gasteiger partial charge in [-0.3, -0.25) is 9.69 Å². The third kappa shape index (κ3) is 3.30. The van der Waals surface area contributed by atoms with Crippen molar-refractivity contribution in [3.8, 4) is 11.5 Å². The summed E-state index contributed by atoms with van der Waals surface area (Å²) in [7, 11) is 0. The average molecular weight is 403 g/mol. The van der Waals surface area contributed by atoms with Crippen molar-refractivity contribution in [2.45, 2.75) is 18.9 Å². The first-order valence-corrected chi connectivity index (χ1v) is 8.83. The maximum Gasteiger partial charge on any atom is 0.310 e. The molecule has 3 saturated heterocycles. The zero-order valence-electron chi connectivity index (χ0n) is 14.5. The molecule has 4 aliphatic heterocycles. The minimum Gasteiger partial charge on any atom is -0.465 e. The largest absolute Gasteiger partial charge is 0.465 e. The maximum absolute atomic E-state index is 11.7. The fourth-order valence-electron chi connectivity index (χ4n) is 4.51. The van der Waals surface area contributed by atoms with Crippen molar-refractivity contribution in [1.82, 2.24) is 4.90 Å². The number of carbonyl (C=O) groups excluding carboxylic acids is 1. The summed E-state index contributed by atoms with van der Waals surface area (Å²) < 4.78 is 16.0. The first kappa shape index (κ1) is 19.4. The van der Waals surface area contributed by atoms with Gasteiger partial charge < -0.3 is 19.1 Å². The van der Waals surface area contributed by atoms with E-state index in [9.17, 15) is 4.79 Å². The van der Waals surface area contributed by atoms with E-state index in [1.54, 1.807) is 0 Å². The van der Waals surface area contributed by atoms with Gasteiger partial charge in [0, 0.05) is 49.9 Å². The summed E-state index contributed by atoms with van der Waals surface area (Å²) in [5, 5.41) is 0. The van der Waals surface area contributed by atoms with Crippen LogP contribution in [0.25, 0.3) is 0 Å². The zero-order chi connectivity index (χ0) is 16.1. The number of likely N-dealkylation sites (tertiary alicyclic amines) is 1. The van der Waals surface area contributed by atoms with E-state index in [1.807, 2.05) is 6.07 Å². The normalized spacial score (nSPS) is 27.5. The number of fused-ring (bicyclic) bond motifs is 2. The van der Waals surface area contributed by atoms with Crippen LogP contribution in [0.1, 0.15) is 12.8 Å². The minimum absolute atomic E-state index is 0. The summed E-state index contributed by atoms with van der Waals surface area (Å²) in [6.45, 7) is 4.93. The summed E-state index contributed by atoms with van der Waals surface area (Å²) in [5.74, 6) is 2.24. The molecule has 1 aromatic rings. The Morgan fingerprint density at radius 2 is 1.73 bits per heavy atom. The zero-order valence-corrected chi connectivity index (χ0v) is 16.1. The van der Waals surface area contributed by atoms with Gasteiger partial charge in [-0.2, -0.15) is 0 Å². The summed E-state index contributed by atoms with van der Waals surface area (Å²) in [6, 6.07) is 6.79. The van der Waals surface area contributed by atoms with Gasteiger partial charge >= 0.3 is 5.97 Å². The van der Waals surface area contributed by atoms with Gasteiger partial charge in [-0.1, -0.05) is 0 Å². The van der Waals surface area contributed by atoms with Crippen molar-refractivity contribution in [2.24, 2.45) is 11.8 Å². The van der Waals surface area contributed by atoms with Crippen molar-refractivity contribution >= 4 is 36.5 Å². The number of nitrogens with zero attached hydrogens (tertiary/aromatic N) is 2. The highest BCUT2D eigenvalue weighted by Crippen LogP contribution is 2.37. The highest BCUT2D eigenvalue weighted by Gasteiger charge is 2.45. The molecule has 0 unspecified atom stereocenters. The Morgan fingerprint density at radius 1 is 0.962 bits per heavy atom. The number of ether oxygens (including phenoxy) is 3. The third-order valence-electron chi connectivity index (χ3n) is 5.91. The molecule has 4 aliphatic rings. The van der Waals surface area contributed by atoms with Gasteiger partial charge in [0.15, 0.2) is 11.5 Å². The first-order valence-electron chi connectivity index (χ1n) is 8.83. The fourth-order valence-corrected chi connectivity index (χ4v) is 4.51. The van der Waals surface area contributed by atoms with Gasteiger partial charge in [-0.15, -0.1) is 24.8 Å². The quantitative estimate of drug-likeness (QED) is 0.707. The summed E-state index contributed by atoms with van der Waals surface area (Å²) >= 11 is 0. The molecule has 0 bridgehead atoms. The second-order valence-electron chi connectivity index (χ2n) is 7.21. The van der Waals surface area contributed by atoms with E-state index in [4.69, 9.17) is 14.2 Å². The lowest BCUT2D eigenvalue weighted by atomic mass is 10.0. The van der Waals surface area contributed by atoms with Crippen LogP contribution in [0.2, 0.25) is 0 Å². The maximum atomic E-state index is 11.7. The summed E-state index contributed by atoms with van der Waals surface area (Å²) in [5.41, 5.74) is 1.21. The first-order chi connectivity index (χ1) is 11.8. The Kier molecular flexibility index (Phi) is 5.75. The van der Waals surface area contributed by atoms with Gasteiger partial charge in [0.2, 0.25) is 6.79 Å². The SMILES string of the molecule is Cl.Cl.O=C1OC[C@H]2CN(C3CCN(c4ccc5c(c4)OCO5)CC3)C[C@@H]12. The number of piperidine rings is 1. The molecular weight excluding hydrogens is 379 g/mol. The van der Waals surface area contributed by atoms with Crippen LogP contribution >= 0.6 is 24.8 Å². The average Bonchev–Trinajstić information content (AvgIpc) is 3.32. The summed E-state index contributed by atoms with van der Waals surface area (Å²) in [4.78, 5) is 16.7. The Hall–Kier alpha value is -1.37. The van der Waals surface area contributed by atoms with Gasteiger partial charge in [0.1, 0.15) is 0 Å². The molecule has 0 amide bonds. The van der Waals surface area contributed by atoms with Crippen LogP contribution in [-0.2, 0) is 9.53 Å². The number of benzene rings is 1. The van der Waals surface area contributed by atoms with Crippen LogP contribution in [0.3, 0.4) is 0 Å². The van der Waals surface area contributed by atoms with Crippen molar-refractivity contribution in [2.75, 3.05) is 44.5 Å². The molecule has 0 N–H and O–H groups in total. The second kappa shape index (κ2) is 7.71. The molecular formula is C18H24Cl2N2O4. The Morgan fingerprint density at radius 3 is 2.50 bits per heavy atom. The number of hydrogen-bond acceptors (Lipinski definition) is 6. The number of rotatable bonds is 2. The number of anilines is 1. The number of cyclic esters (lactones) is 1. The van der Waals surface area contributed by atoms with Crippen molar-refractivity contribution in [1.29, 1.82) is 0 Å². The Labute approximate surface area is 165 Å². The van der Waals surface area contributed by atoms with Crippen molar-refractivity contribution < 1.29 is 19.0 Å². The third-order valence-corrected chi connectivity index (χ3v) is 5.91. The molecule has 0 aromatic heterocycles. The fraction of sp³-hybridized carbons (Fsp3) is 0.611. The van der Waals surface area contributed by atoms with Gasteiger partial charge in [0.25, 0.3) is 0 Å². The summed E-state index contributed by atoms with van der Waals surface area (Å²) in [6.07, 6.45) is 2.28. The Balaban J connectivity index is 0.000000980. The lowest BCUT2D eigenvalue weighted by Gasteiger charge is -2.38. The highest BCUT2D eigenvalue weighted by atomic mass is 35.5. The molecule has 4 heterocycles. The molecule has 144 valence electrons. The van der Waals surface area contributed by atoms with E-state index in [1.165, 1.54) is 5.69 Å². The Bertz CT molecular complexity index is 667. The van der Waals surface area contributed by atoms with Gasteiger partial charge in [-0.05, 0) is 25.0 Å². The van der Waals surface area contributed by atoms with E-state index in [-0.39, 0.29) is 36.7 Å². The number of halogens is 2. The standard InChI is InChI=1S/C18H22N2O4.2ClH/c21-18-15-9-20(8-12(15)10-22-18)13-3-5-19(6-4-13)14-1-2-16-17(7-14)24-11-23-16;;/h1-2,7,12-13,15H,3-6,8-11H2;2*1H/t12-,15-;;/m1../s1. The van der Waals surface area contributed by atoms with E-state index in [2.05, 4.69) is 21.9 Å². The van der Waals surface area contributed by atoms with Crippen molar-refractivity contribution in [3.05, 3.63) is 18.2 Å². The smallest absolute Gasteiger partial charge is 0.310 e. The van der Waals surface area contributed by atoms with Crippen LogP contribution in [0, 0.1) is 11.8 Å². The van der Waals surface area contributed by atoms with Crippen LogP contribution in [0.5, 0.6) is 11.5 Å². The molecule has 8 heteroatoms. The van der Waals surface area contributed by atoms with Crippen LogP contribution in [0.4, 0.5) is 5.69 Å². The van der Waals surface area contributed by atoms with E-state index in [0.29, 0.717) is 25.4 Å². The second-order valence-corrected chi connectivity index (χ2v) is 7.21. The number of carbonyl (C=O) groups is 1. The topological polar surface area (TPSA) is 51.2 Å². The highest BCUT2D eigenvalue weighted by molar-refractivity contribution is 5.85. The molecule has 6 nitrogen and oxygen atoms in total. The predicted octanol–water partition coefficient (Wildman–Crippen LogP) is 2.33. The predicted molar refractivity (Wildman–Crippen MR) is 102 cm³/mol. The van der Waals surface area contributed by atoms with E-state index in [0.717, 1.165) is 50.5 Å². The molecule has 0 radical (unpaired) electrons. The van der Waals surface area contributed by atoms with E-state index < -0.39 is 0 Å². The molecule has 2 atom stereocenters. The molecule has 3 fully saturated rings. The lowest BCUT2D eigenvalue weighted by Crippen LogP contribution is -2.44. The van der Waals surface area contributed by atoms with Crippen molar-refractivity contribution in [3.63, 3.8) is 0 Å². The van der Waals surface area contributed by atoms with Crippen LogP contribution in [-0.4, -0.2) is 56.5 Å². The molecule has 0 saturated carbocycles. The lowest BCUT2D eigenvalue weighted by molar-refractivity contribution is -0.141.